The summed E-state index contributed by atoms with van der Waals surface area (Å²) in [5.74, 6) is 1.28. The Bertz CT molecular complexity index is 463. The Balaban J connectivity index is 2.01. The average Bonchev–Trinajstić information content (AvgIpc) is 2.96. The van der Waals surface area contributed by atoms with Gasteiger partial charge in [-0.3, -0.25) is 4.79 Å². The van der Waals surface area contributed by atoms with Crippen LogP contribution in [0, 0.1) is 5.92 Å². The highest BCUT2D eigenvalue weighted by Gasteiger charge is 2.34. The molecule has 2 aliphatic carbocycles. The van der Waals surface area contributed by atoms with Crippen molar-refractivity contribution < 1.29 is 4.74 Å². The molecule has 2 aliphatic rings. The second-order valence-electron chi connectivity index (χ2n) is 4.72. The van der Waals surface area contributed by atoms with Gasteiger partial charge >= 0.3 is 0 Å². The zero-order chi connectivity index (χ0) is 11.1. The summed E-state index contributed by atoms with van der Waals surface area (Å²) in [5.41, 5.74) is 1.91. The van der Waals surface area contributed by atoms with E-state index in [1.807, 2.05) is 0 Å². The van der Waals surface area contributed by atoms with Crippen molar-refractivity contribution in [1.29, 1.82) is 0 Å². The van der Waals surface area contributed by atoms with E-state index in [1.165, 1.54) is 12.8 Å². The van der Waals surface area contributed by atoms with Gasteiger partial charge in [0.15, 0.2) is 0 Å². The van der Waals surface area contributed by atoms with Gasteiger partial charge in [-0.2, -0.15) is 0 Å². The van der Waals surface area contributed by atoms with Crippen LogP contribution >= 0.6 is 0 Å². The fourth-order valence-electron chi connectivity index (χ4n) is 2.52. The van der Waals surface area contributed by atoms with E-state index >= 15 is 0 Å². The van der Waals surface area contributed by atoms with Gasteiger partial charge in [-0.15, -0.1) is 0 Å². The lowest BCUT2D eigenvalue weighted by atomic mass is 10.2. The average molecular weight is 220 g/mol. The smallest absolute Gasteiger partial charge is 0.254 e. The molecule has 86 valence electrons. The van der Waals surface area contributed by atoms with Crippen LogP contribution in [0.15, 0.2) is 4.79 Å². The van der Waals surface area contributed by atoms with Crippen LogP contribution in [-0.4, -0.2) is 17.1 Å². The topological polar surface area (TPSA) is 55.0 Å². The standard InChI is InChI=1S/C12H16N2O2/c1-16-10(7-5-6-7)11-13-9-4-2-3-8(9)12(15)14-11/h7,10H,2-6H2,1H3,(H,13,14,15). The van der Waals surface area contributed by atoms with Crippen LogP contribution in [0.1, 0.15) is 42.4 Å². The molecule has 1 saturated carbocycles. The number of aromatic amines is 1. The van der Waals surface area contributed by atoms with Crippen LogP contribution in [0.5, 0.6) is 0 Å². The lowest BCUT2D eigenvalue weighted by molar-refractivity contribution is 0.0768. The van der Waals surface area contributed by atoms with Crippen LogP contribution in [0.25, 0.3) is 0 Å². The van der Waals surface area contributed by atoms with Gasteiger partial charge < -0.3 is 9.72 Å². The Morgan fingerprint density at radius 3 is 2.94 bits per heavy atom. The molecule has 4 nitrogen and oxygen atoms in total. The zero-order valence-corrected chi connectivity index (χ0v) is 9.45. The minimum atomic E-state index is -0.0152. The first-order valence-electron chi connectivity index (χ1n) is 5.94. The Labute approximate surface area is 94.1 Å². The largest absolute Gasteiger partial charge is 0.373 e. The van der Waals surface area contributed by atoms with Crippen molar-refractivity contribution in [3.63, 3.8) is 0 Å². The summed E-state index contributed by atoms with van der Waals surface area (Å²) in [7, 11) is 1.69. The van der Waals surface area contributed by atoms with Gasteiger partial charge in [0.05, 0.1) is 5.69 Å². The number of nitrogens with one attached hydrogen (secondary N) is 1. The highest BCUT2D eigenvalue weighted by atomic mass is 16.5. The number of hydrogen-bond acceptors (Lipinski definition) is 3. The predicted octanol–water partition coefficient (Wildman–Crippen LogP) is 1.36. The lowest BCUT2D eigenvalue weighted by Gasteiger charge is -2.14. The van der Waals surface area contributed by atoms with Crippen molar-refractivity contribution in [2.75, 3.05) is 7.11 Å². The second kappa shape index (κ2) is 3.70. The molecule has 0 spiro atoms. The van der Waals surface area contributed by atoms with Gasteiger partial charge in [0.2, 0.25) is 0 Å². The van der Waals surface area contributed by atoms with E-state index in [4.69, 9.17) is 4.74 Å². The van der Waals surface area contributed by atoms with Crippen molar-refractivity contribution in [3.8, 4) is 0 Å². The quantitative estimate of drug-likeness (QED) is 0.836. The summed E-state index contributed by atoms with van der Waals surface area (Å²) in [6, 6.07) is 0. The van der Waals surface area contributed by atoms with Crippen molar-refractivity contribution in [3.05, 3.63) is 27.4 Å². The molecule has 1 atom stereocenters. The number of nitrogens with zero attached hydrogens (tertiary/aromatic N) is 1. The number of methoxy groups -OCH3 is 1. The number of H-pyrrole nitrogens is 1. The Morgan fingerprint density at radius 1 is 1.44 bits per heavy atom. The third-order valence-corrected chi connectivity index (χ3v) is 3.53. The van der Waals surface area contributed by atoms with Gasteiger partial charge in [0.25, 0.3) is 5.56 Å². The summed E-state index contributed by atoms with van der Waals surface area (Å²) >= 11 is 0. The zero-order valence-electron chi connectivity index (χ0n) is 9.45. The molecule has 0 aromatic carbocycles. The lowest BCUT2D eigenvalue weighted by Crippen LogP contribution is -2.20. The number of ether oxygens (including phenoxy) is 1. The summed E-state index contributed by atoms with van der Waals surface area (Å²) in [5, 5.41) is 0. The first-order chi connectivity index (χ1) is 7.79. The molecule has 0 saturated heterocycles. The monoisotopic (exact) mass is 220 g/mol. The molecule has 1 aromatic rings. The fourth-order valence-corrected chi connectivity index (χ4v) is 2.52. The van der Waals surface area contributed by atoms with Gasteiger partial charge in [-0.05, 0) is 38.0 Å². The van der Waals surface area contributed by atoms with E-state index in [1.54, 1.807) is 7.11 Å². The van der Waals surface area contributed by atoms with E-state index in [0.29, 0.717) is 5.92 Å². The van der Waals surface area contributed by atoms with Gasteiger partial charge in [-0.25, -0.2) is 4.98 Å². The van der Waals surface area contributed by atoms with E-state index < -0.39 is 0 Å². The predicted molar refractivity (Wildman–Crippen MR) is 59.4 cm³/mol. The molecule has 1 unspecified atom stereocenters. The number of aromatic nitrogens is 2. The summed E-state index contributed by atoms with van der Waals surface area (Å²) in [4.78, 5) is 19.3. The molecule has 0 radical (unpaired) electrons. The molecule has 4 heteroatoms. The van der Waals surface area contributed by atoms with Crippen molar-refractivity contribution in [2.45, 2.75) is 38.2 Å². The molecule has 1 aromatic heterocycles. The van der Waals surface area contributed by atoms with E-state index in [2.05, 4.69) is 9.97 Å². The van der Waals surface area contributed by atoms with Crippen molar-refractivity contribution in [2.24, 2.45) is 5.92 Å². The molecule has 1 N–H and O–H groups in total. The first-order valence-corrected chi connectivity index (χ1v) is 5.94. The van der Waals surface area contributed by atoms with Crippen LogP contribution in [0.4, 0.5) is 0 Å². The maximum absolute atomic E-state index is 11.8. The third-order valence-electron chi connectivity index (χ3n) is 3.53. The van der Waals surface area contributed by atoms with Gasteiger partial charge in [0, 0.05) is 12.7 Å². The van der Waals surface area contributed by atoms with Crippen LogP contribution < -0.4 is 5.56 Å². The Kier molecular flexibility index (Phi) is 2.32. The Hall–Kier alpha value is -1.16. The third kappa shape index (κ3) is 1.57. The fraction of sp³-hybridized carbons (Fsp3) is 0.667. The molecule has 0 amide bonds. The Morgan fingerprint density at radius 2 is 2.25 bits per heavy atom. The molecule has 1 heterocycles. The first kappa shape index (κ1) is 10.0. The van der Waals surface area contributed by atoms with Gasteiger partial charge in [-0.1, -0.05) is 0 Å². The van der Waals surface area contributed by atoms with Crippen LogP contribution in [0.2, 0.25) is 0 Å². The molecular weight excluding hydrogens is 204 g/mol. The molecule has 1 fully saturated rings. The minimum Gasteiger partial charge on any atom is -0.373 e. The van der Waals surface area contributed by atoms with Crippen LogP contribution in [0.3, 0.4) is 0 Å². The number of hydrogen-bond donors (Lipinski definition) is 1. The van der Waals surface area contributed by atoms with E-state index in [-0.39, 0.29) is 11.7 Å². The van der Waals surface area contributed by atoms with E-state index in [0.717, 1.165) is 36.3 Å². The van der Waals surface area contributed by atoms with Crippen LogP contribution in [-0.2, 0) is 17.6 Å². The molecule has 3 rings (SSSR count). The molecule has 0 aliphatic heterocycles. The number of rotatable bonds is 3. The van der Waals surface area contributed by atoms with Crippen molar-refractivity contribution >= 4 is 0 Å². The summed E-state index contributed by atoms with van der Waals surface area (Å²) < 4.78 is 5.44. The van der Waals surface area contributed by atoms with Crippen molar-refractivity contribution in [1.82, 2.24) is 9.97 Å². The number of fused-ring (bicyclic) bond motifs is 1. The molecular formula is C12H16N2O2. The second-order valence-corrected chi connectivity index (χ2v) is 4.72. The highest BCUT2D eigenvalue weighted by Crippen LogP contribution is 2.41. The maximum Gasteiger partial charge on any atom is 0.254 e. The SMILES string of the molecule is COC(c1nc2c(c(=O)[nH]1)CCC2)C1CC1. The number of aryl methyl sites for hydroxylation is 1. The normalized spacial score (nSPS) is 20.8. The summed E-state index contributed by atoms with van der Waals surface area (Å²) in [6.07, 6.45) is 5.21. The molecule has 16 heavy (non-hydrogen) atoms. The molecule has 0 bridgehead atoms. The highest BCUT2D eigenvalue weighted by molar-refractivity contribution is 5.23. The summed E-state index contributed by atoms with van der Waals surface area (Å²) in [6.45, 7) is 0. The van der Waals surface area contributed by atoms with Gasteiger partial charge in [0.1, 0.15) is 11.9 Å². The minimum absolute atomic E-state index is 0.0152. The van der Waals surface area contributed by atoms with E-state index in [9.17, 15) is 4.79 Å². The maximum atomic E-state index is 11.8.